The average Bonchev–Trinajstić information content (AvgIpc) is 2.63. The van der Waals surface area contributed by atoms with E-state index in [0.29, 0.717) is 6.54 Å². The summed E-state index contributed by atoms with van der Waals surface area (Å²) in [7, 11) is 0. The third kappa shape index (κ3) is 3.69. The number of anilines is 1. The molecule has 126 valence electrons. The maximum atomic E-state index is 12.2. The van der Waals surface area contributed by atoms with Gasteiger partial charge in [-0.3, -0.25) is 14.8 Å². The van der Waals surface area contributed by atoms with Crippen molar-refractivity contribution in [2.24, 2.45) is 11.1 Å². The van der Waals surface area contributed by atoms with Gasteiger partial charge in [-0.2, -0.15) is 0 Å². The van der Waals surface area contributed by atoms with Crippen molar-refractivity contribution in [3.63, 3.8) is 0 Å². The summed E-state index contributed by atoms with van der Waals surface area (Å²) >= 11 is 0. The SMILES string of the molecule is NC(=O)[C@@]1(CCCc2cccnc2)CCCN(c2cnccn2)C1. The van der Waals surface area contributed by atoms with Gasteiger partial charge < -0.3 is 10.6 Å². The van der Waals surface area contributed by atoms with Crippen LogP contribution in [0.25, 0.3) is 0 Å². The van der Waals surface area contributed by atoms with Crippen molar-refractivity contribution < 1.29 is 4.79 Å². The lowest BCUT2D eigenvalue weighted by Crippen LogP contribution is -2.51. The number of carbonyl (C=O) groups excluding carboxylic acids is 1. The number of carbonyl (C=O) groups is 1. The molecule has 0 bridgehead atoms. The monoisotopic (exact) mass is 325 g/mol. The van der Waals surface area contributed by atoms with E-state index in [1.165, 1.54) is 5.56 Å². The van der Waals surface area contributed by atoms with Crippen LogP contribution in [0.4, 0.5) is 5.82 Å². The topological polar surface area (TPSA) is 85.0 Å². The Bertz CT molecular complexity index is 664. The Kier molecular flexibility index (Phi) is 5.03. The summed E-state index contributed by atoms with van der Waals surface area (Å²) in [5.41, 5.74) is 6.51. The molecule has 2 aromatic rings. The molecule has 1 aliphatic heterocycles. The Morgan fingerprint density at radius 3 is 2.83 bits per heavy atom. The van der Waals surface area contributed by atoms with Crippen LogP contribution in [0.5, 0.6) is 0 Å². The number of pyridine rings is 1. The first kappa shape index (κ1) is 16.4. The molecule has 24 heavy (non-hydrogen) atoms. The van der Waals surface area contributed by atoms with E-state index in [1.54, 1.807) is 24.8 Å². The fourth-order valence-electron chi connectivity index (χ4n) is 3.49. The molecule has 3 rings (SSSR count). The molecule has 1 amide bonds. The molecular weight excluding hydrogens is 302 g/mol. The van der Waals surface area contributed by atoms with Crippen LogP contribution in [0, 0.1) is 5.41 Å². The van der Waals surface area contributed by atoms with Crippen LogP contribution in [0.1, 0.15) is 31.2 Å². The third-order valence-electron chi connectivity index (χ3n) is 4.82. The maximum Gasteiger partial charge on any atom is 0.225 e. The van der Waals surface area contributed by atoms with Crippen molar-refractivity contribution in [1.29, 1.82) is 0 Å². The highest BCUT2D eigenvalue weighted by Gasteiger charge is 2.40. The molecule has 1 fully saturated rings. The number of piperidine rings is 1. The number of nitrogens with zero attached hydrogens (tertiary/aromatic N) is 4. The molecule has 6 heteroatoms. The van der Waals surface area contributed by atoms with E-state index < -0.39 is 5.41 Å². The molecule has 1 saturated heterocycles. The highest BCUT2D eigenvalue weighted by atomic mass is 16.1. The molecule has 0 spiro atoms. The summed E-state index contributed by atoms with van der Waals surface area (Å²) in [6.45, 7) is 1.50. The third-order valence-corrected chi connectivity index (χ3v) is 4.82. The van der Waals surface area contributed by atoms with Crippen LogP contribution in [-0.4, -0.2) is 33.9 Å². The van der Waals surface area contributed by atoms with Gasteiger partial charge in [-0.1, -0.05) is 6.07 Å². The zero-order chi connectivity index (χ0) is 16.8. The standard InChI is InChI=1S/C18H23N5O/c19-17(24)18(6-1-4-15-5-2-8-20-12-15)7-3-11-23(14-18)16-13-21-9-10-22-16/h2,5,8-10,12-13H,1,3-4,6-7,11,14H2,(H2,19,24)/t18-/m0/s1. The zero-order valence-electron chi connectivity index (χ0n) is 13.8. The van der Waals surface area contributed by atoms with Gasteiger partial charge >= 0.3 is 0 Å². The van der Waals surface area contributed by atoms with Crippen molar-refractivity contribution in [1.82, 2.24) is 15.0 Å². The summed E-state index contributed by atoms with van der Waals surface area (Å²) in [5.74, 6) is 0.609. The molecule has 0 aromatic carbocycles. The average molecular weight is 325 g/mol. The number of aryl methyl sites for hydroxylation is 1. The van der Waals surface area contributed by atoms with Gasteiger partial charge in [0.15, 0.2) is 0 Å². The van der Waals surface area contributed by atoms with Crippen molar-refractivity contribution >= 4 is 11.7 Å². The summed E-state index contributed by atoms with van der Waals surface area (Å²) in [4.78, 5) is 27.0. The quantitative estimate of drug-likeness (QED) is 0.877. The van der Waals surface area contributed by atoms with E-state index in [-0.39, 0.29) is 5.91 Å². The Hall–Kier alpha value is -2.50. The van der Waals surface area contributed by atoms with Crippen molar-refractivity contribution in [3.8, 4) is 0 Å². The second-order valence-corrected chi connectivity index (χ2v) is 6.45. The summed E-state index contributed by atoms with van der Waals surface area (Å²) < 4.78 is 0. The molecule has 6 nitrogen and oxygen atoms in total. The lowest BCUT2D eigenvalue weighted by Gasteiger charge is -2.41. The summed E-state index contributed by atoms with van der Waals surface area (Å²) in [6.07, 6.45) is 13.1. The fraction of sp³-hybridized carbons (Fsp3) is 0.444. The normalized spacial score (nSPS) is 20.8. The van der Waals surface area contributed by atoms with Crippen LogP contribution in [0.15, 0.2) is 43.1 Å². The first-order valence-corrected chi connectivity index (χ1v) is 8.39. The van der Waals surface area contributed by atoms with E-state index >= 15 is 0 Å². The predicted octanol–water partition coefficient (Wildman–Crippen LogP) is 1.97. The Balaban J connectivity index is 1.67. The smallest absolute Gasteiger partial charge is 0.225 e. The van der Waals surface area contributed by atoms with E-state index in [0.717, 1.165) is 44.5 Å². The molecule has 0 aliphatic carbocycles. The number of primary amides is 1. The molecular formula is C18H23N5O. The Labute approximate surface area is 142 Å². The second kappa shape index (κ2) is 7.38. The fourth-order valence-corrected chi connectivity index (χ4v) is 3.49. The minimum atomic E-state index is -0.488. The first-order valence-electron chi connectivity index (χ1n) is 8.39. The zero-order valence-corrected chi connectivity index (χ0v) is 13.8. The molecule has 2 N–H and O–H groups in total. The van der Waals surface area contributed by atoms with Crippen molar-refractivity contribution in [3.05, 3.63) is 48.7 Å². The Morgan fingerprint density at radius 2 is 2.12 bits per heavy atom. The van der Waals surface area contributed by atoms with E-state index in [1.807, 2.05) is 12.3 Å². The summed E-state index contributed by atoms with van der Waals surface area (Å²) in [5, 5.41) is 0. The maximum absolute atomic E-state index is 12.2. The van der Waals surface area contributed by atoms with E-state index in [2.05, 4.69) is 25.9 Å². The molecule has 1 atom stereocenters. The van der Waals surface area contributed by atoms with Gasteiger partial charge in [0.25, 0.3) is 0 Å². The second-order valence-electron chi connectivity index (χ2n) is 6.45. The number of hydrogen-bond donors (Lipinski definition) is 1. The van der Waals surface area contributed by atoms with Crippen molar-refractivity contribution in [2.45, 2.75) is 32.1 Å². The van der Waals surface area contributed by atoms with Crippen LogP contribution >= 0.6 is 0 Å². The molecule has 3 heterocycles. The van der Waals surface area contributed by atoms with Gasteiger partial charge in [0, 0.05) is 37.9 Å². The van der Waals surface area contributed by atoms with E-state index in [9.17, 15) is 4.79 Å². The van der Waals surface area contributed by atoms with Gasteiger partial charge in [-0.15, -0.1) is 0 Å². The number of rotatable bonds is 6. The lowest BCUT2D eigenvalue weighted by molar-refractivity contribution is -0.128. The van der Waals surface area contributed by atoms with Crippen LogP contribution in [0.2, 0.25) is 0 Å². The van der Waals surface area contributed by atoms with Gasteiger partial charge in [-0.05, 0) is 43.7 Å². The van der Waals surface area contributed by atoms with Crippen LogP contribution in [0.3, 0.4) is 0 Å². The largest absolute Gasteiger partial charge is 0.369 e. The van der Waals surface area contributed by atoms with E-state index in [4.69, 9.17) is 5.73 Å². The molecule has 0 saturated carbocycles. The molecule has 2 aromatic heterocycles. The highest BCUT2D eigenvalue weighted by molar-refractivity contribution is 5.81. The van der Waals surface area contributed by atoms with Crippen LogP contribution < -0.4 is 10.6 Å². The molecule has 1 aliphatic rings. The number of aromatic nitrogens is 3. The van der Waals surface area contributed by atoms with Gasteiger partial charge in [0.05, 0.1) is 11.6 Å². The molecule has 0 radical (unpaired) electrons. The molecule has 0 unspecified atom stereocenters. The number of nitrogens with two attached hydrogens (primary N) is 1. The predicted molar refractivity (Wildman–Crippen MR) is 92.3 cm³/mol. The minimum absolute atomic E-state index is 0.206. The van der Waals surface area contributed by atoms with Gasteiger partial charge in [-0.25, -0.2) is 4.98 Å². The van der Waals surface area contributed by atoms with Gasteiger partial charge in [0.2, 0.25) is 5.91 Å². The van der Waals surface area contributed by atoms with Gasteiger partial charge in [0.1, 0.15) is 5.82 Å². The lowest BCUT2D eigenvalue weighted by atomic mass is 9.75. The van der Waals surface area contributed by atoms with Crippen molar-refractivity contribution in [2.75, 3.05) is 18.0 Å². The number of hydrogen-bond acceptors (Lipinski definition) is 5. The first-order chi connectivity index (χ1) is 11.7. The number of amides is 1. The van der Waals surface area contributed by atoms with Crippen LogP contribution in [-0.2, 0) is 11.2 Å². The highest BCUT2D eigenvalue weighted by Crippen LogP contribution is 2.36. The summed E-state index contributed by atoms with van der Waals surface area (Å²) in [6, 6.07) is 4.01. The Morgan fingerprint density at radius 1 is 1.25 bits per heavy atom. The minimum Gasteiger partial charge on any atom is -0.369 e.